The van der Waals surface area contributed by atoms with Gasteiger partial charge in [-0.15, -0.1) is 0 Å². The van der Waals surface area contributed by atoms with Gasteiger partial charge in [0, 0.05) is 19.6 Å². The summed E-state index contributed by atoms with van der Waals surface area (Å²) >= 11 is 0. The van der Waals surface area contributed by atoms with E-state index in [1.807, 2.05) is 38.1 Å². The first kappa shape index (κ1) is 12.9. The Morgan fingerprint density at radius 2 is 2.17 bits per heavy atom. The van der Waals surface area contributed by atoms with Crippen LogP contribution in [0, 0.1) is 6.92 Å². The number of carbonyl (C=O) groups is 1. The molecule has 1 aliphatic rings. The van der Waals surface area contributed by atoms with Crippen molar-refractivity contribution in [2.45, 2.75) is 32.4 Å². The molecule has 98 valence electrons. The minimum Gasteiger partial charge on any atom is -0.441 e. The Labute approximate surface area is 107 Å². The van der Waals surface area contributed by atoms with Gasteiger partial charge in [-0.1, -0.05) is 24.3 Å². The van der Waals surface area contributed by atoms with Crippen molar-refractivity contribution < 1.29 is 14.6 Å². The predicted molar refractivity (Wildman–Crippen MR) is 68.2 cm³/mol. The average Bonchev–Trinajstić information content (AvgIpc) is 2.57. The van der Waals surface area contributed by atoms with Crippen molar-refractivity contribution in [3.63, 3.8) is 0 Å². The van der Waals surface area contributed by atoms with Gasteiger partial charge in [0.1, 0.15) is 5.60 Å². The highest BCUT2D eigenvalue weighted by atomic mass is 16.6. The maximum atomic E-state index is 11.8. The van der Waals surface area contributed by atoms with Crippen LogP contribution in [0.25, 0.3) is 0 Å². The average molecular weight is 249 g/mol. The highest BCUT2D eigenvalue weighted by Gasteiger charge is 2.40. The molecule has 1 heterocycles. The van der Waals surface area contributed by atoms with Crippen LogP contribution < -0.4 is 0 Å². The molecule has 0 radical (unpaired) electrons. The summed E-state index contributed by atoms with van der Waals surface area (Å²) in [5.41, 5.74) is 1.73. The Balaban J connectivity index is 2.07. The maximum absolute atomic E-state index is 11.8. The second-order valence-corrected chi connectivity index (χ2v) is 5.07. The van der Waals surface area contributed by atoms with Gasteiger partial charge >= 0.3 is 6.09 Å². The van der Waals surface area contributed by atoms with Crippen molar-refractivity contribution in [1.29, 1.82) is 0 Å². The molecule has 1 saturated heterocycles. The lowest BCUT2D eigenvalue weighted by molar-refractivity contribution is 0.0502. The number of nitrogens with zero attached hydrogens (tertiary/aromatic N) is 1. The molecule has 2 rings (SSSR count). The van der Waals surface area contributed by atoms with Crippen molar-refractivity contribution in [2.24, 2.45) is 0 Å². The van der Waals surface area contributed by atoms with Gasteiger partial charge in [-0.25, -0.2) is 4.79 Å². The zero-order valence-electron chi connectivity index (χ0n) is 10.8. The Kier molecular flexibility index (Phi) is 3.57. The van der Waals surface area contributed by atoms with E-state index in [9.17, 15) is 4.79 Å². The fourth-order valence-corrected chi connectivity index (χ4v) is 2.26. The molecule has 1 amide bonds. The molecule has 1 unspecified atom stereocenters. The topological polar surface area (TPSA) is 49.8 Å². The van der Waals surface area contributed by atoms with E-state index < -0.39 is 5.60 Å². The van der Waals surface area contributed by atoms with Crippen molar-refractivity contribution in [2.75, 3.05) is 13.2 Å². The number of hydrogen-bond donors (Lipinski definition) is 1. The Hall–Kier alpha value is -1.55. The third-order valence-corrected chi connectivity index (χ3v) is 3.38. The third-order valence-electron chi connectivity index (χ3n) is 3.38. The van der Waals surface area contributed by atoms with Crippen LogP contribution in [0.15, 0.2) is 24.3 Å². The van der Waals surface area contributed by atoms with Crippen LogP contribution in [0.2, 0.25) is 0 Å². The molecule has 4 heteroatoms. The Morgan fingerprint density at radius 3 is 2.83 bits per heavy atom. The van der Waals surface area contributed by atoms with E-state index in [0.717, 1.165) is 5.56 Å². The quantitative estimate of drug-likeness (QED) is 0.889. The Morgan fingerprint density at radius 1 is 1.44 bits per heavy atom. The first-order valence-corrected chi connectivity index (χ1v) is 6.17. The van der Waals surface area contributed by atoms with Crippen molar-refractivity contribution >= 4 is 6.09 Å². The van der Waals surface area contributed by atoms with Gasteiger partial charge < -0.3 is 9.84 Å². The monoisotopic (exact) mass is 249 g/mol. The number of amides is 1. The summed E-state index contributed by atoms with van der Waals surface area (Å²) in [6.07, 6.45) is 0.178. The van der Waals surface area contributed by atoms with E-state index >= 15 is 0 Å². The second kappa shape index (κ2) is 4.98. The van der Waals surface area contributed by atoms with E-state index in [1.165, 1.54) is 5.56 Å². The molecule has 1 aromatic rings. The third kappa shape index (κ3) is 2.64. The van der Waals surface area contributed by atoms with Gasteiger partial charge in [0.25, 0.3) is 0 Å². The van der Waals surface area contributed by atoms with E-state index in [2.05, 4.69) is 0 Å². The molecule has 4 nitrogen and oxygen atoms in total. The summed E-state index contributed by atoms with van der Waals surface area (Å²) in [5.74, 6) is 0. The minimum absolute atomic E-state index is 0.0297. The molecule has 1 aliphatic heterocycles. The summed E-state index contributed by atoms with van der Waals surface area (Å²) in [6, 6.07) is 8.00. The second-order valence-electron chi connectivity index (χ2n) is 5.07. The number of aryl methyl sites for hydroxylation is 1. The van der Waals surface area contributed by atoms with Gasteiger partial charge in [0.15, 0.2) is 0 Å². The minimum atomic E-state index is -0.561. The number of hydrogen-bond acceptors (Lipinski definition) is 3. The smallest absolute Gasteiger partial charge is 0.410 e. The molecule has 18 heavy (non-hydrogen) atoms. The highest BCUT2D eigenvalue weighted by Crippen LogP contribution is 2.27. The van der Waals surface area contributed by atoms with Crippen LogP contribution in [0.3, 0.4) is 0 Å². The molecule has 1 N–H and O–H groups in total. The number of aliphatic hydroxyl groups is 1. The van der Waals surface area contributed by atoms with Gasteiger partial charge in [0.05, 0.1) is 6.54 Å². The Bertz CT molecular complexity index is 446. The largest absolute Gasteiger partial charge is 0.441 e. The van der Waals surface area contributed by atoms with Crippen LogP contribution in [-0.4, -0.2) is 34.9 Å². The van der Waals surface area contributed by atoms with Crippen LogP contribution >= 0.6 is 0 Å². The number of benzene rings is 1. The summed E-state index contributed by atoms with van der Waals surface area (Å²) in [7, 11) is 0. The number of rotatable bonds is 4. The SMILES string of the molecule is Cc1ccccc1CN1CC(C)(CCO)OC1=O. The lowest BCUT2D eigenvalue weighted by Crippen LogP contribution is -2.32. The van der Waals surface area contributed by atoms with E-state index in [-0.39, 0.29) is 12.7 Å². The lowest BCUT2D eigenvalue weighted by Gasteiger charge is -2.20. The molecule has 1 fully saturated rings. The zero-order valence-corrected chi connectivity index (χ0v) is 10.8. The first-order chi connectivity index (χ1) is 8.54. The molecule has 0 spiro atoms. The standard InChI is InChI=1S/C14H19NO3/c1-11-5-3-4-6-12(11)9-15-10-14(2,7-8-16)18-13(15)17/h3-6,16H,7-10H2,1-2H3. The lowest BCUT2D eigenvalue weighted by atomic mass is 10.0. The molecule has 0 aromatic heterocycles. The van der Waals surface area contributed by atoms with Gasteiger partial charge in [0.2, 0.25) is 0 Å². The van der Waals surface area contributed by atoms with Crippen molar-refractivity contribution in [3.05, 3.63) is 35.4 Å². The fraction of sp³-hybridized carbons (Fsp3) is 0.500. The fourth-order valence-electron chi connectivity index (χ4n) is 2.26. The van der Waals surface area contributed by atoms with Gasteiger partial charge in [-0.2, -0.15) is 0 Å². The zero-order chi connectivity index (χ0) is 13.2. The first-order valence-electron chi connectivity index (χ1n) is 6.17. The van der Waals surface area contributed by atoms with Crippen LogP contribution in [-0.2, 0) is 11.3 Å². The van der Waals surface area contributed by atoms with E-state index in [4.69, 9.17) is 9.84 Å². The molecular formula is C14H19NO3. The summed E-state index contributed by atoms with van der Waals surface area (Å²) < 4.78 is 5.34. The summed E-state index contributed by atoms with van der Waals surface area (Å²) in [6.45, 7) is 5.01. The van der Waals surface area contributed by atoms with Crippen LogP contribution in [0.4, 0.5) is 4.79 Å². The van der Waals surface area contributed by atoms with Gasteiger partial charge in [-0.05, 0) is 25.0 Å². The van der Waals surface area contributed by atoms with E-state index in [1.54, 1.807) is 4.90 Å². The van der Waals surface area contributed by atoms with Crippen LogP contribution in [0.5, 0.6) is 0 Å². The number of aliphatic hydroxyl groups excluding tert-OH is 1. The van der Waals surface area contributed by atoms with Crippen molar-refractivity contribution in [3.8, 4) is 0 Å². The molecule has 1 atom stereocenters. The van der Waals surface area contributed by atoms with Crippen molar-refractivity contribution in [1.82, 2.24) is 4.90 Å². The number of cyclic esters (lactones) is 1. The molecule has 0 aliphatic carbocycles. The normalized spacial score (nSPS) is 23.3. The number of ether oxygens (including phenoxy) is 1. The predicted octanol–water partition coefficient (Wildman–Crippen LogP) is 2.09. The molecular weight excluding hydrogens is 230 g/mol. The summed E-state index contributed by atoms with van der Waals surface area (Å²) in [4.78, 5) is 13.5. The molecule has 0 bridgehead atoms. The van der Waals surface area contributed by atoms with Gasteiger partial charge in [-0.3, -0.25) is 4.90 Å². The molecule has 0 saturated carbocycles. The maximum Gasteiger partial charge on any atom is 0.410 e. The van der Waals surface area contributed by atoms with E-state index in [0.29, 0.717) is 19.5 Å². The molecule has 1 aromatic carbocycles. The highest BCUT2D eigenvalue weighted by molar-refractivity contribution is 5.70. The number of carbonyl (C=O) groups excluding carboxylic acids is 1. The summed E-state index contributed by atoms with van der Waals surface area (Å²) in [5, 5.41) is 8.99. The van der Waals surface area contributed by atoms with Crippen LogP contribution in [0.1, 0.15) is 24.5 Å².